The first-order valence-electron chi connectivity index (χ1n) is 2.45. The van der Waals surface area contributed by atoms with E-state index in [-0.39, 0.29) is 11.7 Å². The molecule has 8 heavy (non-hydrogen) atoms. The van der Waals surface area contributed by atoms with Crippen LogP contribution in [0, 0.1) is 5.92 Å². The van der Waals surface area contributed by atoms with Crippen molar-refractivity contribution in [3.63, 3.8) is 0 Å². The zero-order chi connectivity index (χ0) is 6.15. The standard InChI is InChI=1S/C6H6ClF/c1-4-2-3-5(8)6(4)7/h2-4H,1H3. The van der Waals surface area contributed by atoms with Crippen LogP contribution in [0.2, 0.25) is 0 Å². The fourth-order valence-electron chi connectivity index (χ4n) is 0.610. The second-order valence-electron chi connectivity index (χ2n) is 1.84. The van der Waals surface area contributed by atoms with E-state index in [9.17, 15) is 4.39 Å². The summed E-state index contributed by atoms with van der Waals surface area (Å²) in [4.78, 5) is 0. The molecule has 0 bridgehead atoms. The molecule has 0 N–H and O–H groups in total. The predicted molar refractivity (Wildman–Crippen MR) is 32.3 cm³/mol. The largest absolute Gasteiger partial charge is 0.206 e. The van der Waals surface area contributed by atoms with E-state index in [0.717, 1.165) is 0 Å². The molecular formula is C6H6ClF. The van der Waals surface area contributed by atoms with E-state index < -0.39 is 0 Å². The SMILES string of the molecule is CC1C=CC(F)=C1Cl. The summed E-state index contributed by atoms with van der Waals surface area (Å²) in [7, 11) is 0. The van der Waals surface area contributed by atoms with Gasteiger partial charge in [0.05, 0.1) is 5.03 Å². The smallest absolute Gasteiger partial charge is 0.137 e. The maximum atomic E-state index is 12.2. The van der Waals surface area contributed by atoms with E-state index in [4.69, 9.17) is 11.6 Å². The Hall–Kier alpha value is -0.300. The summed E-state index contributed by atoms with van der Waals surface area (Å²) in [6.07, 6.45) is 3.13. The summed E-state index contributed by atoms with van der Waals surface area (Å²) in [5.41, 5.74) is 0. The van der Waals surface area contributed by atoms with Gasteiger partial charge in [0, 0.05) is 5.92 Å². The molecule has 0 radical (unpaired) electrons. The average molecular weight is 133 g/mol. The van der Waals surface area contributed by atoms with Gasteiger partial charge in [0.25, 0.3) is 0 Å². The van der Waals surface area contributed by atoms with E-state index in [1.54, 1.807) is 6.08 Å². The minimum absolute atomic E-state index is 0.0802. The molecule has 1 rings (SSSR count). The molecule has 2 heteroatoms. The van der Waals surface area contributed by atoms with E-state index >= 15 is 0 Å². The molecule has 0 spiro atoms. The minimum atomic E-state index is -0.292. The van der Waals surface area contributed by atoms with Crippen LogP contribution in [0.15, 0.2) is 23.0 Å². The van der Waals surface area contributed by atoms with Crippen molar-refractivity contribution in [3.05, 3.63) is 23.0 Å². The van der Waals surface area contributed by atoms with Crippen molar-refractivity contribution in [1.82, 2.24) is 0 Å². The van der Waals surface area contributed by atoms with Crippen LogP contribution in [-0.2, 0) is 0 Å². The van der Waals surface area contributed by atoms with Gasteiger partial charge in [-0.3, -0.25) is 0 Å². The lowest BCUT2D eigenvalue weighted by Gasteiger charge is -1.94. The van der Waals surface area contributed by atoms with Crippen LogP contribution < -0.4 is 0 Å². The van der Waals surface area contributed by atoms with Crippen LogP contribution in [0.25, 0.3) is 0 Å². The zero-order valence-electron chi connectivity index (χ0n) is 4.49. The number of rotatable bonds is 0. The highest BCUT2D eigenvalue weighted by Crippen LogP contribution is 2.28. The molecule has 0 saturated heterocycles. The quantitative estimate of drug-likeness (QED) is 0.475. The molecule has 0 aliphatic heterocycles. The summed E-state index contributed by atoms with van der Waals surface area (Å²) in [6, 6.07) is 0. The Labute approximate surface area is 52.6 Å². The van der Waals surface area contributed by atoms with Crippen LogP contribution in [0.3, 0.4) is 0 Å². The third kappa shape index (κ3) is 0.781. The number of hydrogen-bond acceptors (Lipinski definition) is 0. The van der Waals surface area contributed by atoms with Crippen molar-refractivity contribution < 1.29 is 4.39 Å². The third-order valence-electron chi connectivity index (χ3n) is 1.16. The molecule has 0 aromatic carbocycles. The van der Waals surface area contributed by atoms with Gasteiger partial charge in [-0.05, 0) is 6.08 Å². The van der Waals surface area contributed by atoms with Crippen molar-refractivity contribution >= 4 is 11.6 Å². The van der Waals surface area contributed by atoms with Crippen molar-refractivity contribution in [2.24, 2.45) is 5.92 Å². The van der Waals surface area contributed by atoms with Gasteiger partial charge in [0.1, 0.15) is 5.83 Å². The van der Waals surface area contributed by atoms with E-state index in [1.165, 1.54) is 6.08 Å². The number of allylic oxidation sites excluding steroid dienone is 4. The average Bonchev–Trinajstić information content (AvgIpc) is 1.98. The number of hydrogen-bond donors (Lipinski definition) is 0. The molecule has 0 aromatic heterocycles. The Morgan fingerprint density at radius 3 is 2.50 bits per heavy atom. The van der Waals surface area contributed by atoms with Crippen LogP contribution in [-0.4, -0.2) is 0 Å². The summed E-state index contributed by atoms with van der Waals surface area (Å²) < 4.78 is 12.2. The van der Waals surface area contributed by atoms with Gasteiger partial charge in [0.15, 0.2) is 0 Å². The highest BCUT2D eigenvalue weighted by atomic mass is 35.5. The number of halogens is 2. The van der Waals surface area contributed by atoms with Gasteiger partial charge in [-0.2, -0.15) is 0 Å². The molecule has 1 atom stereocenters. The minimum Gasteiger partial charge on any atom is -0.206 e. The molecule has 0 fully saturated rings. The Morgan fingerprint density at radius 2 is 2.38 bits per heavy atom. The molecule has 0 nitrogen and oxygen atoms in total. The molecule has 1 unspecified atom stereocenters. The predicted octanol–water partition coefficient (Wildman–Crippen LogP) is 2.61. The fourth-order valence-corrected chi connectivity index (χ4v) is 0.746. The molecule has 0 aromatic rings. The Bertz CT molecular complexity index is 158. The Balaban J connectivity index is 2.85. The van der Waals surface area contributed by atoms with Crippen molar-refractivity contribution in [1.29, 1.82) is 0 Å². The Morgan fingerprint density at radius 1 is 1.75 bits per heavy atom. The topological polar surface area (TPSA) is 0 Å². The summed E-state index contributed by atoms with van der Waals surface area (Å²) >= 11 is 5.46. The normalized spacial score (nSPS) is 27.6. The lowest BCUT2D eigenvalue weighted by atomic mass is 10.2. The van der Waals surface area contributed by atoms with E-state index in [2.05, 4.69) is 0 Å². The van der Waals surface area contributed by atoms with Crippen molar-refractivity contribution in [3.8, 4) is 0 Å². The van der Waals surface area contributed by atoms with Crippen LogP contribution in [0.1, 0.15) is 6.92 Å². The van der Waals surface area contributed by atoms with Gasteiger partial charge in [-0.15, -0.1) is 0 Å². The molecule has 44 valence electrons. The van der Waals surface area contributed by atoms with Gasteiger partial charge in [0.2, 0.25) is 0 Å². The maximum Gasteiger partial charge on any atom is 0.137 e. The third-order valence-corrected chi connectivity index (χ3v) is 1.68. The Kier molecular flexibility index (Phi) is 1.39. The van der Waals surface area contributed by atoms with E-state index in [0.29, 0.717) is 5.03 Å². The van der Waals surface area contributed by atoms with Crippen molar-refractivity contribution in [2.45, 2.75) is 6.92 Å². The molecular weight excluding hydrogens is 127 g/mol. The molecule has 1 aliphatic rings. The van der Waals surface area contributed by atoms with Crippen LogP contribution in [0.5, 0.6) is 0 Å². The summed E-state index contributed by atoms with van der Waals surface area (Å²) in [6.45, 7) is 1.85. The first kappa shape index (κ1) is 5.83. The first-order chi connectivity index (χ1) is 3.72. The fraction of sp³-hybridized carbons (Fsp3) is 0.333. The zero-order valence-corrected chi connectivity index (χ0v) is 5.24. The van der Waals surface area contributed by atoms with Gasteiger partial charge >= 0.3 is 0 Å². The summed E-state index contributed by atoms with van der Waals surface area (Å²) in [5, 5.41) is 0.324. The monoisotopic (exact) mass is 132 g/mol. The first-order valence-corrected chi connectivity index (χ1v) is 2.83. The van der Waals surface area contributed by atoms with Gasteiger partial charge in [-0.25, -0.2) is 4.39 Å². The molecule has 1 aliphatic carbocycles. The molecule has 0 amide bonds. The second kappa shape index (κ2) is 1.90. The lowest BCUT2D eigenvalue weighted by molar-refractivity contribution is 0.660. The van der Waals surface area contributed by atoms with E-state index in [1.807, 2.05) is 6.92 Å². The van der Waals surface area contributed by atoms with Crippen molar-refractivity contribution in [2.75, 3.05) is 0 Å². The maximum absolute atomic E-state index is 12.2. The second-order valence-corrected chi connectivity index (χ2v) is 2.25. The summed E-state index contributed by atoms with van der Waals surface area (Å²) in [5.74, 6) is -0.212. The lowest BCUT2D eigenvalue weighted by Crippen LogP contribution is -1.82. The molecule has 0 heterocycles. The molecule has 0 saturated carbocycles. The van der Waals surface area contributed by atoms with Gasteiger partial charge in [-0.1, -0.05) is 24.6 Å². The van der Waals surface area contributed by atoms with Crippen LogP contribution in [0.4, 0.5) is 4.39 Å². The highest BCUT2D eigenvalue weighted by molar-refractivity contribution is 6.30. The van der Waals surface area contributed by atoms with Gasteiger partial charge < -0.3 is 0 Å². The van der Waals surface area contributed by atoms with Crippen LogP contribution >= 0.6 is 11.6 Å². The highest BCUT2D eigenvalue weighted by Gasteiger charge is 2.12.